The van der Waals surface area contributed by atoms with Crippen LogP contribution >= 0.6 is 15.9 Å². The van der Waals surface area contributed by atoms with Crippen LogP contribution < -0.4 is 5.32 Å². The van der Waals surface area contributed by atoms with Crippen molar-refractivity contribution < 1.29 is 0 Å². The monoisotopic (exact) mass is 252 g/mol. The van der Waals surface area contributed by atoms with Gasteiger partial charge in [0.05, 0.1) is 6.07 Å². The molecule has 0 aliphatic carbocycles. The van der Waals surface area contributed by atoms with Crippen molar-refractivity contribution in [2.75, 3.05) is 5.32 Å². The molecule has 0 spiro atoms. The Kier molecular flexibility index (Phi) is 3.97. The maximum atomic E-state index is 8.82. The first-order valence-electron chi connectivity index (χ1n) is 4.59. The number of aryl methyl sites for hydroxylation is 1. The quantitative estimate of drug-likeness (QED) is 0.895. The number of anilines is 1. The van der Waals surface area contributed by atoms with Crippen LogP contribution in [0.3, 0.4) is 0 Å². The predicted octanol–water partition coefficient (Wildman–Crippen LogP) is 3.47. The summed E-state index contributed by atoms with van der Waals surface area (Å²) in [5, 5.41) is 12.0. The second-order valence-corrected chi connectivity index (χ2v) is 4.07. The van der Waals surface area contributed by atoms with E-state index in [-0.39, 0.29) is 6.04 Å². The van der Waals surface area contributed by atoms with Gasteiger partial charge >= 0.3 is 0 Å². The molecule has 1 rings (SSSR count). The fourth-order valence-corrected chi connectivity index (χ4v) is 1.52. The number of nitrogens with zero attached hydrogens (tertiary/aromatic N) is 1. The molecule has 0 saturated heterocycles. The predicted molar refractivity (Wildman–Crippen MR) is 62.2 cm³/mol. The van der Waals surface area contributed by atoms with Crippen molar-refractivity contribution in [3.8, 4) is 6.07 Å². The maximum absolute atomic E-state index is 8.82. The summed E-state index contributed by atoms with van der Waals surface area (Å²) in [5.74, 6) is 0. The van der Waals surface area contributed by atoms with Gasteiger partial charge in [-0.15, -0.1) is 0 Å². The number of hydrogen-bond donors (Lipinski definition) is 1. The third-order valence-corrected chi connectivity index (χ3v) is 2.71. The van der Waals surface area contributed by atoms with E-state index in [4.69, 9.17) is 5.26 Å². The summed E-state index contributed by atoms with van der Waals surface area (Å²) >= 11 is 3.45. The maximum Gasteiger partial charge on any atom is 0.114 e. The van der Waals surface area contributed by atoms with Crippen LogP contribution in [0.4, 0.5) is 5.69 Å². The average molecular weight is 253 g/mol. The molecule has 1 N–H and O–H groups in total. The zero-order chi connectivity index (χ0) is 10.6. The van der Waals surface area contributed by atoms with Gasteiger partial charge in [-0.25, -0.2) is 0 Å². The second-order valence-electron chi connectivity index (χ2n) is 3.22. The lowest BCUT2D eigenvalue weighted by atomic mass is 10.2. The summed E-state index contributed by atoms with van der Waals surface area (Å²) in [5.41, 5.74) is 2.17. The molecule has 0 aliphatic heterocycles. The summed E-state index contributed by atoms with van der Waals surface area (Å²) < 4.78 is 0.997. The highest BCUT2D eigenvalue weighted by Crippen LogP contribution is 2.24. The van der Waals surface area contributed by atoms with Crippen LogP contribution in [0.5, 0.6) is 0 Å². The van der Waals surface area contributed by atoms with Gasteiger partial charge in [-0.1, -0.05) is 13.0 Å². The first kappa shape index (κ1) is 11.1. The van der Waals surface area contributed by atoms with Gasteiger partial charge in [-0.05, 0) is 47.0 Å². The van der Waals surface area contributed by atoms with E-state index in [9.17, 15) is 0 Å². The first-order valence-corrected chi connectivity index (χ1v) is 5.39. The summed E-state index contributed by atoms with van der Waals surface area (Å²) in [6.07, 6.45) is 0.802. The van der Waals surface area contributed by atoms with Gasteiger partial charge in [0.15, 0.2) is 0 Å². The van der Waals surface area contributed by atoms with Gasteiger partial charge in [0, 0.05) is 10.2 Å². The molecule has 1 atom stereocenters. The summed E-state index contributed by atoms with van der Waals surface area (Å²) in [6.45, 7) is 4.02. The Bertz CT molecular complexity index is 355. The highest BCUT2D eigenvalue weighted by molar-refractivity contribution is 9.10. The van der Waals surface area contributed by atoms with Crippen molar-refractivity contribution in [1.82, 2.24) is 0 Å². The van der Waals surface area contributed by atoms with Gasteiger partial charge in [0.2, 0.25) is 0 Å². The van der Waals surface area contributed by atoms with E-state index < -0.39 is 0 Å². The zero-order valence-electron chi connectivity index (χ0n) is 8.34. The second kappa shape index (κ2) is 5.02. The van der Waals surface area contributed by atoms with Crippen LogP contribution in [-0.2, 0) is 0 Å². The van der Waals surface area contributed by atoms with E-state index in [2.05, 4.69) is 27.3 Å². The molecule has 1 aromatic rings. The normalized spacial score (nSPS) is 11.9. The molecule has 1 aromatic carbocycles. The molecule has 1 unspecified atom stereocenters. The molecule has 0 aliphatic rings. The van der Waals surface area contributed by atoms with E-state index in [0.29, 0.717) is 0 Å². The van der Waals surface area contributed by atoms with Crippen LogP contribution in [-0.4, -0.2) is 6.04 Å². The molecule has 3 heteroatoms. The highest BCUT2D eigenvalue weighted by atomic mass is 79.9. The molecular weight excluding hydrogens is 240 g/mol. The molecule has 0 heterocycles. The lowest BCUT2D eigenvalue weighted by Crippen LogP contribution is -2.15. The SMILES string of the molecule is CCC(C#N)Nc1cc(C)ccc1Br. The van der Waals surface area contributed by atoms with Crippen molar-refractivity contribution in [2.24, 2.45) is 0 Å². The Morgan fingerprint density at radius 2 is 2.29 bits per heavy atom. The molecule has 0 radical (unpaired) electrons. The largest absolute Gasteiger partial charge is 0.369 e. The van der Waals surface area contributed by atoms with Crippen LogP contribution in [0.2, 0.25) is 0 Å². The van der Waals surface area contributed by atoms with Gasteiger partial charge < -0.3 is 5.32 Å². The highest BCUT2D eigenvalue weighted by Gasteiger charge is 2.06. The van der Waals surface area contributed by atoms with Crippen molar-refractivity contribution in [2.45, 2.75) is 26.3 Å². The Hall–Kier alpha value is -1.01. The number of rotatable bonds is 3. The Morgan fingerprint density at radius 1 is 1.57 bits per heavy atom. The van der Waals surface area contributed by atoms with Gasteiger partial charge in [-0.3, -0.25) is 0 Å². The van der Waals surface area contributed by atoms with E-state index in [1.54, 1.807) is 0 Å². The molecule has 0 fully saturated rings. The minimum Gasteiger partial charge on any atom is -0.369 e. The molecular formula is C11H13BrN2. The van der Waals surface area contributed by atoms with E-state index in [0.717, 1.165) is 16.6 Å². The molecule has 0 aromatic heterocycles. The Balaban J connectivity index is 2.86. The molecule has 2 nitrogen and oxygen atoms in total. The third-order valence-electron chi connectivity index (χ3n) is 2.02. The topological polar surface area (TPSA) is 35.8 Å². The van der Waals surface area contributed by atoms with Crippen molar-refractivity contribution in [3.05, 3.63) is 28.2 Å². The van der Waals surface area contributed by atoms with Gasteiger partial charge in [-0.2, -0.15) is 5.26 Å². The molecule has 14 heavy (non-hydrogen) atoms. The first-order chi connectivity index (χ1) is 6.67. The summed E-state index contributed by atoms with van der Waals surface area (Å²) in [7, 11) is 0. The van der Waals surface area contributed by atoms with Crippen LogP contribution in [0.1, 0.15) is 18.9 Å². The molecule has 74 valence electrons. The summed E-state index contributed by atoms with van der Waals surface area (Å²) in [6, 6.07) is 8.15. The minimum atomic E-state index is -0.118. The lowest BCUT2D eigenvalue weighted by Gasteiger charge is -2.12. The lowest BCUT2D eigenvalue weighted by molar-refractivity contribution is 0.844. The number of halogens is 1. The third kappa shape index (κ3) is 2.74. The average Bonchev–Trinajstić information content (AvgIpc) is 2.19. The Morgan fingerprint density at radius 3 is 2.86 bits per heavy atom. The smallest absolute Gasteiger partial charge is 0.114 e. The molecule has 0 amide bonds. The van der Waals surface area contributed by atoms with Gasteiger partial charge in [0.1, 0.15) is 6.04 Å². The summed E-state index contributed by atoms with van der Waals surface area (Å²) in [4.78, 5) is 0. The zero-order valence-corrected chi connectivity index (χ0v) is 9.93. The van der Waals surface area contributed by atoms with Crippen LogP contribution in [0.25, 0.3) is 0 Å². The van der Waals surface area contributed by atoms with Gasteiger partial charge in [0.25, 0.3) is 0 Å². The molecule has 0 bridgehead atoms. The minimum absolute atomic E-state index is 0.118. The van der Waals surface area contributed by atoms with E-state index in [1.165, 1.54) is 5.56 Å². The van der Waals surface area contributed by atoms with Crippen LogP contribution in [0.15, 0.2) is 22.7 Å². The number of benzene rings is 1. The number of nitrogens with one attached hydrogen (secondary N) is 1. The number of nitriles is 1. The fourth-order valence-electron chi connectivity index (χ4n) is 1.16. The fraction of sp³-hybridized carbons (Fsp3) is 0.364. The standard InChI is InChI=1S/C11H13BrN2/c1-3-9(7-13)14-11-6-8(2)4-5-10(11)12/h4-6,9,14H,3H2,1-2H3. The van der Waals surface area contributed by atoms with Crippen molar-refractivity contribution >= 4 is 21.6 Å². The van der Waals surface area contributed by atoms with Crippen LogP contribution in [0, 0.1) is 18.3 Å². The van der Waals surface area contributed by atoms with E-state index in [1.807, 2.05) is 32.0 Å². The van der Waals surface area contributed by atoms with Crippen molar-refractivity contribution in [3.63, 3.8) is 0 Å². The van der Waals surface area contributed by atoms with E-state index >= 15 is 0 Å². The molecule has 0 saturated carbocycles. The Labute approximate surface area is 93.1 Å². The van der Waals surface area contributed by atoms with Crippen molar-refractivity contribution in [1.29, 1.82) is 5.26 Å². The number of hydrogen-bond acceptors (Lipinski definition) is 2.